The van der Waals surface area contributed by atoms with Gasteiger partial charge in [-0.05, 0) is 56.5 Å². The number of aromatic nitrogens is 3. The fourth-order valence-corrected chi connectivity index (χ4v) is 4.31. The minimum Gasteiger partial charge on any atom is -0.359 e. The summed E-state index contributed by atoms with van der Waals surface area (Å²) in [7, 11) is 3.40. The van der Waals surface area contributed by atoms with Gasteiger partial charge in [-0.1, -0.05) is 6.07 Å². The Morgan fingerprint density at radius 2 is 1.45 bits per heavy atom. The van der Waals surface area contributed by atoms with Gasteiger partial charge in [-0.15, -0.1) is 0 Å². The van der Waals surface area contributed by atoms with Gasteiger partial charge in [-0.3, -0.25) is 19.5 Å². The first kappa shape index (κ1) is 24.6. The molecule has 0 atom stereocenters. The maximum Gasteiger partial charge on any atom is 0.225 e. The van der Waals surface area contributed by atoms with E-state index >= 15 is 0 Å². The minimum atomic E-state index is 0.143. The van der Waals surface area contributed by atoms with Crippen LogP contribution in [-0.2, 0) is 16.1 Å². The molecule has 178 valence electrons. The van der Waals surface area contributed by atoms with Gasteiger partial charge >= 0.3 is 0 Å². The molecule has 0 unspecified atom stereocenters. The van der Waals surface area contributed by atoms with E-state index in [4.69, 9.17) is 0 Å². The van der Waals surface area contributed by atoms with Crippen LogP contribution in [0.3, 0.4) is 0 Å². The third-order valence-electron chi connectivity index (χ3n) is 6.28. The van der Waals surface area contributed by atoms with Gasteiger partial charge in [0.1, 0.15) is 0 Å². The average Bonchev–Trinajstić information content (AvgIpc) is 2.90. The van der Waals surface area contributed by atoms with Crippen LogP contribution in [-0.4, -0.2) is 71.9 Å². The highest BCUT2D eigenvalue weighted by atomic mass is 16.2. The molecule has 2 fully saturated rings. The maximum atomic E-state index is 11.5. The summed E-state index contributed by atoms with van der Waals surface area (Å²) in [5, 5.41) is 5.43. The number of piperidine rings is 2. The van der Waals surface area contributed by atoms with Crippen molar-refractivity contribution in [1.29, 1.82) is 0 Å². The van der Waals surface area contributed by atoms with Gasteiger partial charge in [0.15, 0.2) is 0 Å². The Kier molecular flexibility index (Phi) is 9.56. The lowest BCUT2D eigenvalue weighted by molar-refractivity contribution is -0.126. The summed E-state index contributed by atoms with van der Waals surface area (Å²) in [4.78, 5) is 40.0. The molecule has 4 rings (SSSR count). The number of carbonyl (C=O) groups excluding carboxylic acids is 2. The van der Waals surface area contributed by atoms with E-state index < -0.39 is 0 Å². The van der Waals surface area contributed by atoms with E-state index in [0.29, 0.717) is 0 Å². The topological polar surface area (TPSA) is 103 Å². The second kappa shape index (κ2) is 12.8. The number of amides is 2. The summed E-state index contributed by atoms with van der Waals surface area (Å²) >= 11 is 0. The van der Waals surface area contributed by atoms with Crippen molar-refractivity contribution in [3.05, 3.63) is 48.5 Å². The predicted molar refractivity (Wildman–Crippen MR) is 127 cm³/mol. The van der Waals surface area contributed by atoms with Crippen LogP contribution in [0, 0.1) is 11.8 Å². The summed E-state index contributed by atoms with van der Waals surface area (Å²) in [6.45, 7) is 4.62. The zero-order chi connectivity index (χ0) is 23.5. The molecule has 2 aromatic heterocycles. The molecule has 4 heterocycles. The van der Waals surface area contributed by atoms with Gasteiger partial charge in [0.25, 0.3) is 0 Å². The lowest BCUT2D eigenvalue weighted by Gasteiger charge is -2.30. The fourth-order valence-electron chi connectivity index (χ4n) is 4.31. The highest BCUT2D eigenvalue weighted by Gasteiger charge is 2.25. The highest BCUT2D eigenvalue weighted by Crippen LogP contribution is 2.20. The SMILES string of the molecule is CNC(=O)C1CCN(Cc2cccnc2)CC1.CNC(=O)C1CCN(c2ncccn2)CC1. The second-order valence-electron chi connectivity index (χ2n) is 8.45. The Bertz CT molecular complexity index is 850. The monoisotopic (exact) mass is 453 g/mol. The summed E-state index contributed by atoms with van der Waals surface area (Å²) < 4.78 is 0. The maximum absolute atomic E-state index is 11.5. The molecular weight excluding hydrogens is 418 g/mol. The number of rotatable bonds is 5. The molecule has 2 saturated heterocycles. The lowest BCUT2D eigenvalue weighted by Crippen LogP contribution is -2.40. The standard InChI is InChI=1S/C13H19N3O.C11H16N4O/c1-14-13(17)12-4-7-16(8-5-12)10-11-3-2-6-15-9-11;1-12-10(16)9-3-7-15(8-4-9)11-13-5-2-6-14-11/h2-3,6,9,12H,4-5,7-8,10H2,1H3,(H,14,17);2,5-6,9H,3-4,7-8H2,1H3,(H,12,16). The van der Waals surface area contributed by atoms with E-state index in [2.05, 4.69) is 41.5 Å². The number of anilines is 1. The molecule has 33 heavy (non-hydrogen) atoms. The molecule has 2 amide bonds. The number of nitrogens with one attached hydrogen (secondary N) is 2. The van der Waals surface area contributed by atoms with Crippen LogP contribution in [0.25, 0.3) is 0 Å². The number of nitrogens with zero attached hydrogens (tertiary/aromatic N) is 5. The molecule has 0 aliphatic carbocycles. The van der Waals surface area contributed by atoms with Crippen LogP contribution in [0.1, 0.15) is 31.2 Å². The summed E-state index contributed by atoms with van der Waals surface area (Å²) in [6, 6.07) is 5.87. The Labute approximate surface area is 196 Å². The van der Waals surface area contributed by atoms with Gasteiger partial charge in [0.2, 0.25) is 17.8 Å². The van der Waals surface area contributed by atoms with Crippen molar-refractivity contribution in [3.63, 3.8) is 0 Å². The molecule has 9 nitrogen and oxygen atoms in total. The first-order valence-corrected chi connectivity index (χ1v) is 11.7. The van der Waals surface area contributed by atoms with Crippen molar-refractivity contribution in [2.75, 3.05) is 45.2 Å². The average molecular weight is 454 g/mol. The lowest BCUT2D eigenvalue weighted by atomic mass is 9.96. The van der Waals surface area contributed by atoms with E-state index in [9.17, 15) is 9.59 Å². The second-order valence-corrected chi connectivity index (χ2v) is 8.45. The van der Waals surface area contributed by atoms with E-state index in [1.165, 1.54) is 5.56 Å². The summed E-state index contributed by atoms with van der Waals surface area (Å²) in [5.41, 5.74) is 1.24. The van der Waals surface area contributed by atoms with Gasteiger partial charge < -0.3 is 15.5 Å². The van der Waals surface area contributed by atoms with Gasteiger partial charge in [-0.2, -0.15) is 0 Å². The minimum absolute atomic E-state index is 0.143. The zero-order valence-corrected chi connectivity index (χ0v) is 19.6. The molecule has 0 bridgehead atoms. The summed E-state index contributed by atoms with van der Waals surface area (Å²) in [6.07, 6.45) is 10.8. The highest BCUT2D eigenvalue weighted by molar-refractivity contribution is 5.78. The normalized spacial score (nSPS) is 17.6. The quantitative estimate of drug-likeness (QED) is 0.707. The third-order valence-corrected chi connectivity index (χ3v) is 6.28. The first-order chi connectivity index (χ1) is 16.1. The Hall–Kier alpha value is -3.07. The molecule has 0 aromatic carbocycles. The number of likely N-dealkylation sites (tertiary alicyclic amines) is 1. The first-order valence-electron chi connectivity index (χ1n) is 11.7. The van der Waals surface area contributed by atoms with Crippen molar-refractivity contribution in [3.8, 4) is 0 Å². The van der Waals surface area contributed by atoms with Gasteiger partial charge in [0, 0.05) is 70.4 Å². The molecule has 2 N–H and O–H groups in total. The number of pyridine rings is 1. The molecule has 2 aromatic rings. The van der Waals surface area contributed by atoms with Crippen LogP contribution >= 0.6 is 0 Å². The van der Waals surface area contributed by atoms with Gasteiger partial charge in [0.05, 0.1) is 0 Å². The molecular formula is C24H35N7O2. The van der Waals surface area contributed by atoms with Crippen LogP contribution < -0.4 is 15.5 Å². The number of hydrogen-bond donors (Lipinski definition) is 2. The Balaban J connectivity index is 0.000000186. The Morgan fingerprint density at radius 3 is 1.97 bits per heavy atom. The Morgan fingerprint density at radius 1 is 0.879 bits per heavy atom. The van der Waals surface area contributed by atoms with Crippen molar-refractivity contribution in [1.82, 2.24) is 30.5 Å². The largest absolute Gasteiger partial charge is 0.359 e. The molecule has 9 heteroatoms. The zero-order valence-electron chi connectivity index (χ0n) is 19.6. The third kappa shape index (κ3) is 7.49. The van der Waals surface area contributed by atoms with E-state index in [0.717, 1.165) is 64.4 Å². The fraction of sp³-hybridized carbons (Fsp3) is 0.542. The van der Waals surface area contributed by atoms with Crippen molar-refractivity contribution in [2.45, 2.75) is 32.2 Å². The molecule has 2 aliphatic rings. The van der Waals surface area contributed by atoms with Crippen LogP contribution in [0.15, 0.2) is 43.0 Å². The van der Waals surface area contributed by atoms with Crippen molar-refractivity contribution < 1.29 is 9.59 Å². The van der Waals surface area contributed by atoms with Crippen LogP contribution in [0.4, 0.5) is 5.95 Å². The van der Waals surface area contributed by atoms with E-state index in [1.54, 1.807) is 38.8 Å². The van der Waals surface area contributed by atoms with Crippen molar-refractivity contribution >= 4 is 17.8 Å². The van der Waals surface area contributed by atoms with Crippen molar-refractivity contribution in [2.24, 2.45) is 11.8 Å². The number of hydrogen-bond acceptors (Lipinski definition) is 7. The van der Waals surface area contributed by atoms with Crippen LogP contribution in [0.2, 0.25) is 0 Å². The number of carbonyl (C=O) groups is 2. The van der Waals surface area contributed by atoms with E-state index in [1.807, 2.05) is 12.3 Å². The molecule has 2 aliphatic heterocycles. The molecule has 0 saturated carbocycles. The van der Waals surface area contributed by atoms with Gasteiger partial charge in [-0.25, -0.2) is 9.97 Å². The molecule has 0 spiro atoms. The molecule has 0 radical (unpaired) electrons. The van der Waals surface area contributed by atoms with E-state index in [-0.39, 0.29) is 23.7 Å². The van der Waals surface area contributed by atoms with Crippen LogP contribution in [0.5, 0.6) is 0 Å². The smallest absolute Gasteiger partial charge is 0.225 e. The summed E-state index contributed by atoms with van der Waals surface area (Å²) in [5.74, 6) is 1.44. The predicted octanol–water partition coefficient (Wildman–Crippen LogP) is 1.48.